The van der Waals surface area contributed by atoms with Gasteiger partial charge in [0.2, 0.25) is 5.91 Å². The topological polar surface area (TPSA) is 64.7 Å². The summed E-state index contributed by atoms with van der Waals surface area (Å²) < 4.78 is 4.66. The fraction of sp³-hybridized carbons (Fsp3) is 0.600. The van der Waals surface area contributed by atoms with E-state index in [0.29, 0.717) is 6.61 Å². The van der Waals surface area contributed by atoms with Crippen molar-refractivity contribution in [3.8, 4) is 0 Å². The predicted molar refractivity (Wildman–Crippen MR) is 33.9 cm³/mol. The summed E-state index contributed by atoms with van der Waals surface area (Å²) in [4.78, 5) is 13.5. The second-order valence-electron chi connectivity index (χ2n) is 1.40. The third-order valence-electron chi connectivity index (χ3n) is 0.560. The van der Waals surface area contributed by atoms with Crippen LogP contribution in [0.2, 0.25) is 0 Å². The van der Waals surface area contributed by atoms with Crippen LogP contribution in [0, 0.1) is 0 Å². The number of ether oxygens (including phenoxy) is 1. The molecule has 0 saturated heterocycles. The molecule has 0 saturated carbocycles. The molecule has 0 unspecified atom stereocenters. The Hall–Kier alpha value is -1.06. The largest absolute Gasteiger partial charge is 0.465 e. The zero-order chi connectivity index (χ0) is 7.28. The van der Waals surface area contributed by atoms with Crippen molar-refractivity contribution in [2.45, 2.75) is 13.8 Å². The van der Waals surface area contributed by atoms with E-state index in [1.54, 1.807) is 6.92 Å². The number of carbonyl (C=O) groups is 1. The first-order chi connectivity index (χ1) is 4.16. The molecule has 0 aromatic rings. The molecule has 0 aromatic carbocycles. The van der Waals surface area contributed by atoms with Crippen LogP contribution in [0.5, 0.6) is 0 Å². The fourth-order valence-corrected chi connectivity index (χ4v) is 0.335. The van der Waals surface area contributed by atoms with Crippen molar-refractivity contribution in [3.63, 3.8) is 0 Å². The number of nitrogens with two attached hydrogens (primary N) is 1. The van der Waals surface area contributed by atoms with Crippen LogP contribution in [0.25, 0.3) is 0 Å². The number of hydrogen-bond acceptors (Lipinski definition) is 2. The Kier molecular flexibility index (Phi) is 3.43. The van der Waals surface area contributed by atoms with Crippen molar-refractivity contribution in [1.82, 2.24) is 0 Å². The lowest BCUT2D eigenvalue weighted by atomic mass is 10.7. The van der Waals surface area contributed by atoms with E-state index in [-0.39, 0.29) is 11.9 Å². The molecule has 0 aromatic heterocycles. The number of amidine groups is 1. The summed E-state index contributed by atoms with van der Waals surface area (Å²) in [5.74, 6) is -0.346. The number of amides is 1. The highest BCUT2D eigenvalue weighted by Crippen LogP contribution is 1.75. The Morgan fingerprint density at radius 2 is 2.33 bits per heavy atom. The van der Waals surface area contributed by atoms with E-state index in [1.165, 1.54) is 6.92 Å². The van der Waals surface area contributed by atoms with Crippen molar-refractivity contribution in [2.24, 2.45) is 10.7 Å². The second-order valence-corrected chi connectivity index (χ2v) is 1.40. The molecule has 2 N–H and O–H groups in total. The van der Waals surface area contributed by atoms with Gasteiger partial charge in [0.05, 0.1) is 6.61 Å². The second kappa shape index (κ2) is 3.88. The van der Waals surface area contributed by atoms with Gasteiger partial charge in [0.25, 0.3) is 6.02 Å². The minimum absolute atomic E-state index is 0.0648. The molecule has 0 radical (unpaired) electrons. The number of aliphatic imine (C=N–C) groups is 1. The Morgan fingerprint density at radius 3 is 2.67 bits per heavy atom. The average molecular weight is 130 g/mol. The van der Waals surface area contributed by atoms with Crippen molar-refractivity contribution in [3.05, 3.63) is 0 Å². The van der Waals surface area contributed by atoms with E-state index in [1.807, 2.05) is 0 Å². The van der Waals surface area contributed by atoms with Crippen LogP contribution < -0.4 is 5.73 Å². The van der Waals surface area contributed by atoms with Crippen LogP contribution in [-0.2, 0) is 9.53 Å². The van der Waals surface area contributed by atoms with E-state index < -0.39 is 0 Å². The SMILES string of the molecule is CCOC(N)=NC(C)=O. The lowest BCUT2D eigenvalue weighted by Crippen LogP contribution is -2.17. The van der Waals surface area contributed by atoms with Crippen molar-refractivity contribution in [2.75, 3.05) is 6.61 Å². The summed E-state index contributed by atoms with van der Waals surface area (Å²) in [5, 5.41) is 0. The normalized spacial score (nSPS) is 11.1. The Morgan fingerprint density at radius 1 is 1.78 bits per heavy atom. The van der Waals surface area contributed by atoms with Crippen LogP contribution in [0.15, 0.2) is 4.99 Å². The Bertz CT molecular complexity index is 131. The molecule has 4 nitrogen and oxygen atoms in total. The summed E-state index contributed by atoms with van der Waals surface area (Å²) in [6.45, 7) is 3.51. The highest BCUT2D eigenvalue weighted by Gasteiger charge is 1.90. The number of hydrogen-bond donors (Lipinski definition) is 1. The summed E-state index contributed by atoms with van der Waals surface area (Å²) in [6, 6.07) is -0.0648. The number of carbonyl (C=O) groups excluding carboxylic acids is 1. The molecular weight excluding hydrogens is 120 g/mol. The molecule has 0 spiro atoms. The van der Waals surface area contributed by atoms with E-state index in [9.17, 15) is 4.79 Å². The quantitative estimate of drug-likeness (QED) is 0.397. The van der Waals surface area contributed by atoms with Crippen molar-refractivity contribution < 1.29 is 9.53 Å². The van der Waals surface area contributed by atoms with Gasteiger partial charge in [-0.3, -0.25) is 4.79 Å². The maximum Gasteiger partial charge on any atom is 0.289 e. The van der Waals surface area contributed by atoms with E-state index in [2.05, 4.69) is 9.73 Å². The van der Waals surface area contributed by atoms with Crippen molar-refractivity contribution in [1.29, 1.82) is 0 Å². The van der Waals surface area contributed by atoms with Gasteiger partial charge in [-0.15, -0.1) is 0 Å². The van der Waals surface area contributed by atoms with Crippen LogP contribution in [0.1, 0.15) is 13.8 Å². The van der Waals surface area contributed by atoms with Gasteiger partial charge < -0.3 is 10.5 Å². The molecule has 1 amide bonds. The first-order valence-corrected chi connectivity index (χ1v) is 2.64. The summed E-state index contributed by atoms with van der Waals surface area (Å²) >= 11 is 0. The maximum atomic E-state index is 10.2. The molecule has 0 aliphatic rings. The van der Waals surface area contributed by atoms with Crippen LogP contribution in [0.4, 0.5) is 0 Å². The van der Waals surface area contributed by atoms with E-state index >= 15 is 0 Å². The Labute approximate surface area is 53.7 Å². The zero-order valence-electron chi connectivity index (χ0n) is 5.55. The number of nitrogens with zero attached hydrogens (tertiary/aromatic N) is 1. The maximum absolute atomic E-state index is 10.2. The minimum Gasteiger partial charge on any atom is -0.465 e. The molecular formula is C5H10N2O2. The van der Waals surface area contributed by atoms with E-state index in [4.69, 9.17) is 5.73 Å². The van der Waals surface area contributed by atoms with Gasteiger partial charge in [-0.05, 0) is 6.92 Å². The highest BCUT2D eigenvalue weighted by molar-refractivity contribution is 5.88. The molecule has 0 aliphatic carbocycles. The lowest BCUT2D eigenvalue weighted by Gasteiger charge is -1.96. The molecule has 9 heavy (non-hydrogen) atoms. The molecule has 0 fully saturated rings. The van der Waals surface area contributed by atoms with Gasteiger partial charge in [-0.25, -0.2) is 0 Å². The molecule has 0 heterocycles. The molecule has 4 heteroatoms. The monoisotopic (exact) mass is 130 g/mol. The standard InChI is InChI=1S/C5H10N2O2/c1-3-9-5(6)7-4(2)8/h3H2,1-2H3,(H2,6,7,8). The molecule has 52 valence electrons. The molecule has 0 atom stereocenters. The van der Waals surface area contributed by atoms with Gasteiger partial charge in [0.15, 0.2) is 0 Å². The predicted octanol–water partition coefficient (Wildman–Crippen LogP) is -0.116. The highest BCUT2D eigenvalue weighted by atomic mass is 16.5. The first-order valence-electron chi connectivity index (χ1n) is 2.64. The minimum atomic E-state index is -0.346. The van der Waals surface area contributed by atoms with Crippen molar-refractivity contribution >= 4 is 11.9 Å². The Balaban J connectivity index is 3.69. The first kappa shape index (κ1) is 7.94. The molecule has 0 bridgehead atoms. The smallest absolute Gasteiger partial charge is 0.289 e. The van der Waals surface area contributed by atoms with Crippen LogP contribution in [0.3, 0.4) is 0 Å². The van der Waals surface area contributed by atoms with Gasteiger partial charge in [-0.1, -0.05) is 0 Å². The summed E-state index contributed by atoms with van der Waals surface area (Å²) in [6.07, 6.45) is 0. The van der Waals surface area contributed by atoms with Gasteiger partial charge in [0.1, 0.15) is 0 Å². The summed E-state index contributed by atoms with van der Waals surface area (Å²) in [5.41, 5.74) is 5.09. The van der Waals surface area contributed by atoms with Gasteiger partial charge in [0, 0.05) is 6.92 Å². The molecule has 0 rings (SSSR count). The third kappa shape index (κ3) is 4.80. The van der Waals surface area contributed by atoms with Gasteiger partial charge >= 0.3 is 0 Å². The fourth-order valence-electron chi connectivity index (χ4n) is 0.335. The lowest BCUT2D eigenvalue weighted by molar-refractivity contribution is -0.115. The van der Waals surface area contributed by atoms with Crippen LogP contribution >= 0.6 is 0 Å². The molecule has 0 aliphatic heterocycles. The van der Waals surface area contributed by atoms with Gasteiger partial charge in [-0.2, -0.15) is 4.99 Å². The average Bonchev–Trinajstić information content (AvgIpc) is 1.63. The number of rotatable bonds is 1. The third-order valence-corrected chi connectivity index (χ3v) is 0.560. The van der Waals surface area contributed by atoms with E-state index in [0.717, 1.165) is 0 Å². The van der Waals surface area contributed by atoms with Crippen LogP contribution in [-0.4, -0.2) is 18.5 Å². The zero-order valence-corrected chi connectivity index (χ0v) is 5.55. The summed E-state index contributed by atoms with van der Waals surface area (Å²) in [7, 11) is 0.